The first-order valence-electron chi connectivity index (χ1n) is 6.93. The minimum absolute atomic E-state index is 0.0643. The topological polar surface area (TPSA) is 83.6 Å². The van der Waals surface area contributed by atoms with E-state index in [1.54, 1.807) is 23.1 Å². The minimum Gasteiger partial charge on any atom is -0.481 e. The highest BCUT2D eigenvalue weighted by Gasteiger charge is 2.37. The maximum absolute atomic E-state index is 12.6. The lowest BCUT2D eigenvalue weighted by Crippen LogP contribution is -2.39. The number of nitrogens with two attached hydrogens (primary N) is 1. The maximum Gasteiger partial charge on any atom is 0.312 e. The van der Waals surface area contributed by atoms with E-state index in [0.29, 0.717) is 17.8 Å². The van der Waals surface area contributed by atoms with Crippen LogP contribution in [-0.4, -0.2) is 30.1 Å². The number of hydrogen-bond acceptors (Lipinski definition) is 3. The first kappa shape index (κ1) is 14.5. The Hall–Kier alpha value is -1.88. The van der Waals surface area contributed by atoms with Crippen molar-refractivity contribution in [3.05, 3.63) is 29.8 Å². The predicted molar refractivity (Wildman–Crippen MR) is 76.6 cm³/mol. The van der Waals surface area contributed by atoms with Crippen molar-refractivity contribution in [3.63, 3.8) is 0 Å². The van der Waals surface area contributed by atoms with Crippen LogP contribution in [0, 0.1) is 5.92 Å². The van der Waals surface area contributed by atoms with Crippen molar-refractivity contribution in [2.24, 2.45) is 11.7 Å². The SMILES string of the molecule is CCCC(CN)C(=O)N1CC(C(=O)O)c2ccccc21. The monoisotopic (exact) mass is 276 g/mol. The van der Waals surface area contributed by atoms with E-state index in [2.05, 4.69) is 0 Å². The van der Waals surface area contributed by atoms with Crippen molar-refractivity contribution < 1.29 is 14.7 Å². The maximum atomic E-state index is 12.6. The number of carbonyl (C=O) groups is 2. The third-order valence-corrected chi connectivity index (χ3v) is 3.80. The summed E-state index contributed by atoms with van der Waals surface area (Å²) >= 11 is 0. The standard InChI is InChI=1S/C15H20N2O3/c1-2-5-10(8-16)14(18)17-9-12(15(19)20)11-6-3-4-7-13(11)17/h3-4,6-7,10,12H,2,5,8-9,16H2,1H3,(H,19,20). The number of carboxylic acids is 1. The summed E-state index contributed by atoms with van der Waals surface area (Å²) in [6.45, 7) is 2.50. The first-order chi connectivity index (χ1) is 9.60. The number of carbonyl (C=O) groups excluding carboxylic acids is 1. The molecule has 5 heteroatoms. The van der Waals surface area contributed by atoms with Crippen molar-refractivity contribution in [3.8, 4) is 0 Å². The molecule has 0 aliphatic carbocycles. The second-order valence-corrected chi connectivity index (χ2v) is 5.12. The van der Waals surface area contributed by atoms with E-state index in [0.717, 1.165) is 12.8 Å². The van der Waals surface area contributed by atoms with E-state index in [-0.39, 0.29) is 18.4 Å². The van der Waals surface area contributed by atoms with Crippen molar-refractivity contribution in [2.75, 3.05) is 18.0 Å². The van der Waals surface area contributed by atoms with Gasteiger partial charge in [0.2, 0.25) is 5.91 Å². The zero-order chi connectivity index (χ0) is 14.7. The van der Waals surface area contributed by atoms with Crippen LogP contribution < -0.4 is 10.6 Å². The third kappa shape index (κ3) is 2.54. The van der Waals surface area contributed by atoms with Gasteiger partial charge in [-0.1, -0.05) is 31.5 Å². The van der Waals surface area contributed by atoms with Gasteiger partial charge >= 0.3 is 5.97 Å². The largest absolute Gasteiger partial charge is 0.481 e. The Morgan fingerprint density at radius 1 is 1.45 bits per heavy atom. The van der Waals surface area contributed by atoms with E-state index >= 15 is 0 Å². The molecular formula is C15H20N2O3. The Morgan fingerprint density at radius 3 is 2.75 bits per heavy atom. The van der Waals surface area contributed by atoms with Crippen LogP contribution in [0.15, 0.2) is 24.3 Å². The van der Waals surface area contributed by atoms with Crippen LogP contribution in [0.3, 0.4) is 0 Å². The fourth-order valence-electron chi connectivity index (χ4n) is 2.74. The summed E-state index contributed by atoms with van der Waals surface area (Å²) in [5, 5.41) is 9.30. The van der Waals surface area contributed by atoms with Crippen LogP contribution in [0.1, 0.15) is 31.2 Å². The summed E-state index contributed by atoms with van der Waals surface area (Å²) in [6, 6.07) is 7.20. The third-order valence-electron chi connectivity index (χ3n) is 3.80. The molecule has 2 rings (SSSR count). The normalized spacial score (nSPS) is 18.7. The predicted octanol–water partition coefficient (Wildman–Crippen LogP) is 1.58. The van der Waals surface area contributed by atoms with E-state index < -0.39 is 11.9 Å². The van der Waals surface area contributed by atoms with Crippen LogP contribution in [-0.2, 0) is 9.59 Å². The molecule has 20 heavy (non-hydrogen) atoms. The van der Waals surface area contributed by atoms with Gasteiger partial charge in [-0.25, -0.2) is 0 Å². The number of para-hydroxylation sites is 1. The Kier molecular flexibility index (Phi) is 4.39. The molecule has 3 N–H and O–H groups in total. The molecule has 0 bridgehead atoms. The van der Waals surface area contributed by atoms with Crippen molar-refractivity contribution in [2.45, 2.75) is 25.7 Å². The zero-order valence-electron chi connectivity index (χ0n) is 11.6. The molecule has 0 saturated carbocycles. The molecule has 2 atom stereocenters. The van der Waals surface area contributed by atoms with Gasteiger partial charge in [0.15, 0.2) is 0 Å². The number of hydrogen-bond donors (Lipinski definition) is 2. The van der Waals surface area contributed by atoms with Gasteiger partial charge in [-0.2, -0.15) is 0 Å². The number of nitrogens with zero attached hydrogens (tertiary/aromatic N) is 1. The quantitative estimate of drug-likeness (QED) is 0.855. The molecule has 5 nitrogen and oxygen atoms in total. The second kappa shape index (κ2) is 6.05. The Morgan fingerprint density at radius 2 is 2.15 bits per heavy atom. The summed E-state index contributed by atoms with van der Waals surface area (Å²) in [5.41, 5.74) is 7.09. The van der Waals surface area contributed by atoms with E-state index in [9.17, 15) is 14.7 Å². The van der Waals surface area contributed by atoms with Gasteiger partial charge in [0.1, 0.15) is 5.92 Å². The van der Waals surface area contributed by atoms with Gasteiger partial charge in [-0.05, 0) is 18.1 Å². The fraction of sp³-hybridized carbons (Fsp3) is 0.467. The van der Waals surface area contributed by atoms with E-state index in [4.69, 9.17) is 5.73 Å². The Balaban J connectivity index is 2.30. The molecule has 1 aromatic rings. The highest BCUT2D eigenvalue weighted by Crippen LogP contribution is 2.37. The molecule has 108 valence electrons. The van der Waals surface area contributed by atoms with Crippen molar-refractivity contribution >= 4 is 17.6 Å². The number of amides is 1. The Labute approximate surface area is 118 Å². The number of rotatable bonds is 5. The van der Waals surface area contributed by atoms with Gasteiger partial charge in [0.05, 0.1) is 5.92 Å². The van der Waals surface area contributed by atoms with E-state index in [1.165, 1.54) is 0 Å². The fourth-order valence-corrected chi connectivity index (χ4v) is 2.74. The number of carboxylic acid groups (broad SMARTS) is 1. The summed E-state index contributed by atoms with van der Waals surface area (Å²) in [7, 11) is 0. The van der Waals surface area contributed by atoms with E-state index in [1.807, 2.05) is 13.0 Å². The van der Waals surface area contributed by atoms with Crippen LogP contribution >= 0.6 is 0 Å². The number of aliphatic carboxylic acids is 1. The van der Waals surface area contributed by atoms with Gasteiger partial charge in [0, 0.05) is 18.8 Å². The summed E-state index contributed by atoms with van der Waals surface area (Å²) in [5.74, 6) is -1.84. The highest BCUT2D eigenvalue weighted by molar-refractivity contribution is 6.00. The lowest BCUT2D eigenvalue weighted by atomic mass is 10.0. The molecule has 1 amide bonds. The summed E-state index contributed by atoms with van der Waals surface area (Å²) in [6.07, 6.45) is 1.61. The molecule has 1 aromatic carbocycles. The average molecular weight is 276 g/mol. The van der Waals surface area contributed by atoms with Gasteiger partial charge in [-0.15, -0.1) is 0 Å². The number of anilines is 1. The molecule has 0 fully saturated rings. The van der Waals surface area contributed by atoms with Crippen LogP contribution in [0.5, 0.6) is 0 Å². The lowest BCUT2D eigenvalue weighted by molar-refractivity contribution is -0.138. The summed E-state index contributed by atoms with van der Waals surface area (Å²) in [4.78, 5) is 25.5. The average Bonchev–Trinajstić information content (AvgIpc) is 2.84. The van der Waals surface area contributed by atoms with Crippen LogP contribution in [0.2, 0.25) is 0 Å². The van der Waals surface area contributed by atoms with Crippen molar-refractivity contribution in [1.82, 2.24) is 0 Å². The molecule has 2 unspecified atom stereocenters. The molecule has 1 aliphatic rings. The number of benzene rings is 1. The minimum atomic E-state index is -0.896. The van der Waals surface area contributed by atoms with Gasteiger partial charge < -0.3 is 15.7 Å². The van der Waals surface area contributed by atoms with Gasteiger partial charge in [-0.3, -0.25) is 9.59 Å². The Bertz CT molecular complexity index is 516. The molecule has 1 aliphatic heterocycles. The lowest BCUT2D eigenvalue weighted by Gasteiger charge is -2.23. The molecule has 1 heterocycles. The van der Waals surface area contributed by atoms with Gasteiger partial charge in [0.25, 0.3) is 0 Å². The molecule has 0 aromatic heterocycles. The van der Waals surface area contributed by atoms with Crippen molar-refractivity contribution in [1.29, 1.82) is 0 Å². The van der Waals surface area contributed by atoms with Crippen LogP contribution in [0.4, 0.5) is 5.69 Å². The molecule has 0 spiro atoms. The van der Waals surface area contributed by atoms with Crippen LogP contribution in [0.25, 0.3) is 0 Å². The number of fused-ring (bicyclic) bond motifs is 1. The summed E-state index contributed by atoms with van der Waals surface area (Å²) < 4.78 is 0. The smallest absolute Gasteiger partial charge is 0.312 e. The highest BCUT2D eigenvalue weighted by atomic mass is 16.4. The molecule has 0 radical (unpaired) electrons. The first-order valence-corrected chi connectivity index (χ1v) is 6.93. The second-order valence-electron chi connectivity index (χ2n) is 5.12. The molecule has 0 saturated heterocycles. The molecular weight excluding hydrogens is 256 g/mol. The zero-order valence-corrected chi connectivity index (χ0v) is 11.6.